The van der Waals surface area contributed by atoms with Gasteiger partial charge in [0.15, 0.2) is 0 Å². The molecule has 0 aromatic heterocycles. The first-order valence-corrected chi connectivity index (χ1v) is 5.04. The van der Waals surface area contributed by atoms with Crippen molar-refractivity contribution in [2.24, 2.45) is 4.99 Å². The summed E-state index contributed by atoms with van der Waals surface area (Å²) in [6.45, 7) is 10.8. The van der Waals surface area contributed by atoms with E-state index < -0.39 is 0 Å². The zero-order chi connectivity index (χ0) is 13.0. The standard InChI is InChI=1S/C14H13FN2/c1-9-5-10(2)14(15)6-13(9)11(3)8-17-12(4)7-16/h5-6,8H,3-4H2,1-2H3/b17-8+. The Morgan fingerprint density at radius 1 is 1.35 bits per heavy atom. The summed E-state index contributed by atoms with van der Waals surface area (Å²) in [5.74, 6) is -0.278. The Morgan fingerprint density at radius 2 is 2.00 bits per heavy atom. The number of halogens is 1. The van der Waals surface area contributed by atoms with Crippen molar-refractivity contribution in [2.45, 2.75) is 13.8 Å². The predicted molar refractivity (Wildman–Crippen MR) is 68.2 cm³/mol. The molecule has 1 rings (SSSR count). The van der Waals surface area contributed by atoms with E-state index in [2.05, 4.69) is 18.2 Å². The van der Waals surface area contributed by atoms with Crippen LogP contribution in [0.15, 0.2) is 36.0 Å². The minimum atomic E-state index is -0.278. The fraction of sp³-hybridized carbons (Fsp3) is 0.143. The lowest BCUT2D eigenvalue weighted by molar-refractivity contribution is 0.617. The summed E-state index contributed by atoms with van der Waals surface area (Å²) in [6.07, 6.45) is 1.42. The molecule has 1 aromatic rings. The first kappa shape index (κ1) is 12.9. The lowest BCUT2D eigenvalue weighted by atomic mass is 10.00. The molecular formula is C14H13FN2. The number of nitrogens with zero attached hydrogens (tertiary/aromatic N) is 2. The summed E-state index contributed by atoms with van der Waals surface area (Å²) in [4.78, 5) is 3.81. The van der Waals surface area contributed by atoms with Crippen LogP contribution in [0.2, 0.25) is 0 Å². The van der Waals surface area contributed by atoms with Crippen LogP contribution in [0.5, 0.6) is 0 Å². The minimum absolute atomic E-state index is 0.0939. The fourth-order valence-electron chi connectivity index (χ4n) is 1.43. The highest BCUT2D eigenvalue weighted by Crippen LogP contribution is 2.20. The molecule has 0 heterocycles. The minimum Gasteiger partial charge on any atom is -0.246 e. The van der Waals surface area contributed by atoms with E-state index >= 15 is 0 Å². The molecule has 0 spiro atoms. The van der Waals surface area contributed by atoms with Gasteiger partial charge in [-0.1, -0.05) is 19.2 Å². The van der Waals surface area contributed by atoms with Crippen LogP contribution in [0.1, 0.15) is 16.7 Å². The summed E-state index contributed by atoms with van der Waals surface area (Å²) in [5, 5.41) is 8.50. The summed E-state index contributed by atoms with van der Waals surface area (Å²) in [7, 11) is 0. The van der Waals surface area contributed by atoms with Crippen LogP contribution >= 0.6 is 0 Å². The average Bonchev–Trinajstić information content (AvgIpc) is 2.30. The molecule has 0 amide bonds. The maximum Gasteiger partial charge on any atom is 0.133 e. The van der Waals surface area contributed by atoms with Crippen molar-refractivity contribution in [2.75, 3.05) is 0 Å². The van der Waals surface area contributed by atoms with Gasteiger partial charge in [-0.2, -0.15) is 5.26 Å². The second-order valence-electron chi connectivity index (χ2n) is 3.76. The third-order valence-electron chi connectivity index (χ3n) is 2.36. The number of allylic oxidation sites excluding steroid dienone is 2. The van der Waals surface area contributed by atoms with E-state index in [1.807, 2.05) is 6.92 Å². The van der Waals surface area contributed by atoms with Crippen molar-refractivity contribution in [3.63, 3.8) is 0 Å². The van der Waals surface area contributed by atoms with E-state index in [1.165, 1.54) is 12.3 Å². The van der Waals surface area contributed by atoms with Gasteiger partial charge in [-0.25, -0.2) is 9.38 Å². The van der Waals surface area contributed by atoms with E-state index in [9.17, 15) is 4.39 Å². The molecule has 0 aliphatic rings. The number of aryl methyl sites for hydroxylation is 2. The van der Waals surface area contributed by atoms with Crippen molar-refractivity contribution < 1.29 is 4.39 Å². The first-order chi connectivity index (χ1) is 7.95. The van der Waals surface area contributed by atoms with Crippen molar-refractivity contribution in [3.05, 3.63) is 53.5 Å². The van der Waals surface area contributed by atoms with Gasteiger partial charge in [-0.3, -0.25) is 0 Å². The van der Waals surface area contributed by atoms with Gasteiger partial charge in [0.05, 0.1) is 0 Å². The molecule has 0 saturated heterocycles. The van der Waals surface area contributed by atoms with Gasteiger partial charge < -0.3 is 0 Å². The monoisotopic (exact) mass is 228 g/mol. The Bertz CT molecular complexity index is 548. The summed E-state index contributed by atoms with van der Waals surface area (Å²) in [6, 6.07) is 4.98. The Labute approximate surface area is 100 Å². The molecule has 1 aromatic carbocycles. The van der Waals surface area contributed by atoms with Crippen LogP contribution in [0.4, 0.5) is 4.39 Å². The number of aliphatic imine (C=N–C) groups is 1. The normalized spacial score (nSPS) is 10.2. The molecule has 0 fully saturated rings. The predicted octanol–water partition coefficient (Wildman–Crippen LogP) is 3.56. The van der Waals surface area contributed by atoms with Gasteiger partial charge in [0.25, 0.3) is 0 Å². The van der Waals surface area contributed by atoms with E-state index in [1.54, 1.807) is 19.1 Å². The lowest BCUT2D eigenvalue weighted by Crippen LogP contribution is -1.93. The zero-order valence-electron chi connectivity index (χ0n) is 9.92. The Balaban J connectivity index is 3.06. The molecule has 3 heteroatoms. The number of hydrogen-bond donors (Lipinski definition) is 0. The highest BCUT2D eigenvalue weighted by molar-refractivity contribution is 6.09. The van der Waals surface area contributed by atoms with Gasteiger partial charge in [0.1, 0.15) is 17.6 Å². The molecular weight excluding hydrogens is 215 g/mol. The number of rotatable bonds is 3. The second-order valence-corrected chi connectivity index (χ2v) is 3.76. The first-order valence-electron chi connectivity index (χ1n) is 5.04. The van der Waals surface area contributed by atoms with E-state index in [4.69, 9.17) is 5.26 Å². The Kier molecular flexibility index (Phi) is 3.95. The molecule has 0 bridgehead atoms. The van der Waals surface area contributed by atoms with Crippen LogP contribution < -0.4 is 0 Å². The van der Waals surface area contributed by atoms with Crippen molar-refractivity contribution in [3.8, 4) is 6.07 Å². The molecule has 0 saturated carbocycles. The summed E-state index contributed by atoms with van der Waals surface area (Å²) < 4.78 is 13.4. The Morgan fingerprint density at radius 3 is 2.59 bits per heavy atom. The van der Waals surface area contributed by atoms with Crippen LogP contribution in [0.25, 0.3) is 5.57 Å². The molecule has 0 aliphatic carbocycles. The maximum atomic E-state index is 13.4. The molecule has 0 atom stereocenters. The second kappa shape index (κ2) is 5.22. The Hall–Kier alpha value is -2.21. The highest BCUT2D eigenvalue weighted by Gasteiger charge is 2.06. The van der Waals surface area contributed by atoms with E-state index in [0.29, 0.717) is 16.7 Å². The topological polar surface area (TPSA) is 36.1 Å². The van der Waals surface area contributed by atoms with Crippen molar-refractivity contribution in [1.29, 1.82) is 5.26 Å². The lowest BCUT2D eigenvalue weighted by Gasteiger charge is -2.07. The molecule has 2 nitrogen and oxygen atoms in total. The summed E-state index contributed by atoms with van der Waals surface area (Å²) in [5.41, 5.74) is 2.84. The number of benzene rings is 1. The summed E-state index contributed by atoms with van der Waals surface area (Å²) >= 11 is 0. The van der Waals surface area contributed by atoms with Crippen LogP contribution in [0.3, 0.4) is 0 Å². The largest absolute Gasteiger partial charge is 0.246 e. The van der Waals surface area contributed by atoms with Gasteiger partial charge >= 0.3 is 0 Å². The third kappa shape index (κ3) is 3.12. The van der Waals surface area contributed by atoms with Crippen molar-refractivity contribution in [1.82, 2.24) is 0 Å². The smallest absolute Gasteiger partial charge is 0.133 e. The SMILES string of the molecule is C=C(C#N)/N=C/C(=C)c1cc(F)c(C)cc1C. The molecule has 0 radical (unpaired) electrons. The zero-order valence-corrected chi connectivity index (χ0v) is 9.92. The van der Waals surface area contributed by atoms with Crippen molar-refractivity contribution >= 4 is 11.8 Å². The molecule has 0 unspecified atom stereocenters. The van der Waals surface area contributed by atoms with Gasteiger partial charge in [0, 0.05) is 6.21 Å². The maximum absolute atomic E-state index is 13.4. The third-order valence-corrected chi connectivity index (χ3v) is 2.36. The molecule has 17 heavy (non-hydrogen) atoms. The van der Waals surface area contributed by atoms with Crippen LogP contribution in [0, 0.1) is 31.0 Å². The highest BCUT2D eigenvalue weighted by atomic mass is 19.1. The molecule has 86 valence electrons. The average molecular weight is 228 g/mol. The fourth-order valence-corrected chi connectivity index (χ4v) is 1.43. The van der Waals surface area contributed by atoms with Gasteiger partial charge in [0.2, 0.25) is 0 Å². The molecule has 0 N–H and O–H groups in total. The van der Waals surface area contributed by atoms with E-state index in [0.717, 1.165) is 5.56 Å². The molecule has 0 aliphatic heterocycles. The van der Waals surface area contributed by atoms with E-state index in [-0.39, 0.29) is 11.5 Å². The number of hydrogen-bond acceptors (Lipinski definition) is 2. The van der Waals surface area contributed by atoms with Gasteiger partial charge in [-0.05, 0) is 42.2 Å². The quantitative estimate of drug-likeness (QED) is 0.575. The van der Waals surface area contributed by atoms with Gasteiger partial charge in [-0.15, -0.1) is 0 Å². The van der Waals surface area contributed by atoms with Crippen LogP contribution in [-0.2, 0) is 0 Å². The van der Waals surface area contributed by atoms with Crippen LogP contribution in [-0.4, -0.2) is 6.21 Å². The number of nitriles is 1.